The number of hydrogen-bond donors (Lipinski definition) is 8. The van der Waals surface area contributed by atoms with Crippen LogP contribution in [-0.2, 0) is 106 Å². The molecule has 0 bridgehead atoms. The van der Waals surface area contributed by atoms with Crippen LogP contribution in [0.1, 0.15) is 31.9 Å². The lowest BCUT2D eigenvalue weighted by molar-refractivity contribution is 0.0150. The van der Waals surface area contributed by atoms with Crippen molar-refractivity contribution in [1.29, 1.82) is 0 Å². The van der Waals surface area contributed by atoms with Crippen molar-refractivity contribution in [2.75, 3.05) is 211 Å². The van der Waals surface area contributed by atoms with Crippen LogP contribution < -0.4 is 31.0 Å². The van der Waals surface area contributed by atoms with Crippen LogP contribution in [0, 0.1) is 13.8 Å². The number of carbonyl (C=O) groups excluding carboxylic acids is 1. The number of benzene rings is 4. The molecule has 0 aromatic heterocycles. The molecule has 10 N–H and O–H groups in total. The summed E-state index contributed by atoms with van der Waals surface area (Å²) in [6.07, 6.45) is -0.482. The lowest BCUT2D eigenvalue weighted by Gasteiger charge is -2.19. The maximum Gasteiger partial charge on any atom is 0.407 e. The molecule has 0 radical (unpaired) electrons. The summed E-state index contributed by atoms with van der Waals surface area (Å²) < 4.78 is 173. The van der Waals surface area contributed by atoms with Gasteiger partial charge in [0.2, 0.25) is 30.1 Å². The summed E-state index contributed by atoms with van der Waals surface area (Å²) in [5.41, 5.74) is 28.0. The van der Waals surface area contributed by atoms with Crippen LogP contribution in [0.3, 0.4) is 0 Å². The van der Waals surface area contributed by atoms with Crippen molar-refractivity contribution in [1.82, 2.24) is 19.5 Å². The van der Waals surface area contributed by atoms with E-state index in [1.807, 2.05) is 13.8 Å². The molecule has 0 spiro atoms. The van der Waals surface area contributed by atoms with E-state index in [2.05, 4.69) is 43.3 Å². The molecule has 1 amide bonds. The van der Waals surface area contributed by atoms with Gasteiger partial charge < -0.3 is 88.6 Å². The van der Waals surface area contributed by atoms with E-state index in [1.165, 1.54) is 60.7 Å². The van der Waals surface area contributed by atoms with E-state index in [-0.39, 0.29) is 70.5 Å². The molecule has 0 aliphatic heterocycles. The molecule has 598 valence electrons. The van der Waals surface area contributed by atoms with Crippen LogP contribution in [0.15, 0.2) is 127 Å². The number of phenolic OH excluding ortho intramolecular Hbond substituents is 2. The third kappa shape index (κ3) is 57.6. The standard InChI is InChI=1S/C19H32N2O8S.C15H24N4O5S.C14H24N2O6S.C8H18N4O3.C7H7ClO3S/c1-19(2,3)29-18(23)20-8-10-26-12-14-28-15-13-27-11-9-21-30(24,25)17-6-4-16(22)5-7-17;1-14-2-4-15(5-3-14)25(20,21)18-7-9-23-11-13-24-12-10-22-8-6-17-19-16;15-5-7-20-9-11-22-12-10-21-8-6-16-23(18,19)14-3-1-13(17)2-4-14;9-1-3-13-5-7-15-8-6-14-4-2-11-12-10;1-6-2-4-7(5-3-6)12(9,10)11-8/h4-7,21-22H,8-15H2,1-3H3,(H,20,23);2-5,18H,6-13H2,1H3;1-4,16-17H,5-12,15H2;1-9H2;2-5H,1H3. The van der Waals surface area contributed by atoms with E-state index >= 15 is 0 Å². The highest BCUT2D eigenvalue weighted by Crippen LogP contribution is 2.17. The van der Waals surface area contributed by atoms with E-state index in [0.717, 1.165) is 11.1 Å². The number of aryl methyl sites for hydroxylation is 2. The van der Waals surface area contributed by atoms with Crippen LogP contribution in [0.5, 0.6) is 11.5 Å². The van der Waals surface area contributed by atoms with Crippen molar-refractivity contribution >= 4 is 58.1 Å². The predicted molar refractivity (Wildman–Crippen MR) is 388 cm³/mol. The summed E-state index contributed by atoms with van der Waals surface area (Å²) >= 11 is 4.78. The second-order valence-electron chi connectivity index (χ2n) is 21.6. The highest BCUT2D eigenvalue weighted by atomic mass is 35.5. The van der Waals surface area contributed by atoms with Gasteiger partial charge in [0.05, 0.1) is 190 Å². The molecule has 0 fully saturated rings. The number of nitrogens with zero attached hydrogens (tertiary/aromatic N) is 6. The Morgan fingerprint density at radius 3 is 0.924 bits per heavy atom. The van der Waals surface area contributed by atoms with E-state index in [1.54, 1.807) is 57.2 Å². The van der Waals surface area contributed by atoms with E-state index in [9.17, 15) is 43.6 Å². The zero-order valence-electron chi connectivity index (χ0n) is 60.0. The summed E-state index contributed by atoms with van der Waals surface area (Å²) in [7, 11) is -14.5. The highest BCUT2D eigenvalue weighted by molar-refractivity contribution is 7.90. The summed E-state index contributed by atoms with van der Waals surface area (Å²) in [5, 5.41) is 27.6. The largest absolute Gasteiger partial charge is 0.508 e. The Labute approximate surface area is 621 Å². The van der Waals surface area contributed by atoms with E-state index in [0.29, 0.717) is 171 Å². The van der Waals surface area contributed by atoms with Gasteiger partial charge in [-0.3, -0.25) is 0 Å². The van der Waals surface area contributed by atoms with Gasteiger partial charge in [0.25, 0.3) is 0 Å². The smallest absolute Gasteiger partial charge is 0.407 e. The van der Waals surface area contributed by atoms with Crippen LogP contribution in [0.2, 0.25) is 0 Å². The second-order valence-corrected chi connectivity index (χ2v) is 28.8. The average Bonchev–Trinajstić information content (AvgIpc) is 0.869. The topological polar surface area (TPSA) is 521 Å². The van der Waals surface area contributed by atoms with Gasteiger partial charge in [-0.05, 0) is 118 Å². The first-order valence-corrected chi connectivity index (χ1v) is 38.9. The molecule has 0 saturated heterocycles. The van der Waals surface area contributed by atoms with E-state index in [4.69, 9.17) is 101 Å². The molecule has 0 aliphatic rings. The Hall–Kier alpha value is -6.26. The average molecular weight is 1590 g/mol. The number of sulfonamides is 3. The van der Waals surface area contributed by atoms with Gasteiger partial charge >= 0.3 is 16.2 Å². The van der Waals surface area contributed by atoms with Crippen LogP contribution in [-0.4, -0.2) is 267 Å². The van der Waals surface area contributed by atoms with Gasteiger partial charge in [-0.15, -0.1) is 0 Å². The summed E-state index contributed by atoms with van der Waals surface area (Å²) in [5.74, 6) is 0.0147. The first-order chi connectivity index (χ1) is 50.2. The number of hydrogen-bond acceptors (Lipinski definition) is 29. The lowest BCUT2D eigenvalue weighted by Crippen LogP contribution is -2.34. The summed E-state index contributed by atoms with van der Waals surface area (Å²) in [6.45, 7) is 21.4. The summed E-state index contributed by atoms with van der Waals surface area (Å²) in [4.78, 5) is 17.1. The number of alkyl carbamates (subject to hydrolysis) is 1. The maximum atomic E-state index is 12.0. The quantitative estimate of drug-likeness (QED) is 0.0128. The molecule has 4 aromatic rings. The second kappa shape index (κ2) is 62.7. The van der Waals surface area contributed by atoms with Gasteiger partial charge in [-0.25, -0.2) is 44.2 Å². The molecular formula is C63H105ClN12O25S4. The Morgan fingerprint density at radius 1 is 0.410 bits per heavy atom. The number of phenols is 2. The molecule has 4 rings (SSSR count). The van der Waals surface area contributed by atoms with Crippen LogP contribution in [0.4, 0.5) is 4.79 Å². The van der Waals surface area contributed by atoms with Gasteiger partial charge in [0.1, 0.15) is 17.1 Å². The third-order valence-electron chi connectivity index (χ3n) is 11.8. The Bertz CT molecular complexity index is 3410. The number of amides is 1. The number of azide groups is 2. The number of nitrogens with two attached hydrogens (primary N) is 2. The molecule has 0 aliphatic carbocycles. The molecule has 105 heavy (non-hydrogen) atoms. The fourth-order valence-electron chi connectivity index (χ4n) is 6.88. The van der Waals surface area contributed by atoms with Crippen LogP contribution in [0.25, 0.3) is 20.9 Å². The third-order valence-corrected chi connectivity index (χ3v) is 17.8. The van der Waals surface area contributed by atoms with Crippen molar-refractivity contribution in [2.45, 2.75) is 59.8 Å². The normalized spacial score (nSPS) is 11.4. The first-order valence-electron chi connectivity index (χ1n) is 32.8. The maximum absolute atomic E-state index is 12.0. The first kappa shape index (κ1) is 98.7. The number of nitrogens with one attached hydrogen (secondary N) is 4. The number of carbonyl (C=O) groups is 1. The Kier molecular flexibility index (Phi) is 59.0. The zero-order valence-corrected chi connectivity index (χ0v) is 64.0. The van der Waals surface area contributed by atoms with Gasteiger partial charge in [-0.1, -0.05) is 45.6 Å². The molecule has 0 saturated carbocycles. The minimum atomic E-state index is -3.75. The van der Waals surface area contributed by atoms with Crippen molar-refractivity contribution < 1.29 is 114 Å². The van der Waals surface area contributed by atoms with E-state index < -0.39 is 51.9 Å². The van der Waals surface area contributed by atoms with Crippen molar-refractivity contribution in [2.24, 2.45) is 21.7 Å². The highest BCUT2D eigenvalue weighted by Gasteiger charge is 2.18. The molecule has 4 aromatic carbocycles. The SMILES string of the molecule is CC(C)(C)OC(=O)NCCOCCOCCOCCNS(=O)(=O)c1ccc(O)cc1.Cc1ccc(S(=O)(=O)NCCOCCOCCOCCN=[N+]=[N-])cc1.Cc1ccc(S(=O)(=O)OCl)cc1.NCCOCCOCCOCCNS(=O)(=O)c1ccc(O)cc1.[N-]=[N+]=NCCOCCOCCOCCN. The molecule has 0 heterocycles. The zero-order chi connectivity index (χ0) is 78.2. The molecule has 0 atom stereocenters. The molecule has 42 heteroatoms. The van der Waals surface area contributed by atoms with Crippen molar-refractivity contribution in [3.05, 3.63) is 129 Å². The van der Waals surface area contributed by atoms with Gasteiger partial charge in [0.15, 0.2) is 0 Å². The Balaban J connectivity index is 0.00000133. The lowest BCUT2D eigenvalue weighted by atomic mass is 10.2. The fourth-order valence-corrected chi connectivity index (χ4v) is 10.7. The monoisotopic (exact) mass is 1590 g/mol. The Morgan fingerprint density at radius 2 is 0.657 bits per heavy atom. The van der Waals surface area contributed by atoms with Crippen LogP contribution >= 0.6 is 11.9 Å². The van der Waals surface area contributed by atoms with Gasteiger partial charge in [-0.2, -0.15) is 12.2 Å². The minimum Gasteiger partial charge on any atom is -0.508 e. The van der Waals surface area contributed by atoms with Crippen molar-refractivity contribution in [3.8, 4) is 11.5 Å². The number of halogens is 1. The number of rotatable bonds is 54. The number of ether oxygens (including phenoxy) is 13. The van der Waals surface area contributed by atoms with Crippen molar-refractivity contribution in [3.63, 3.8) is 0 Å². The minimum absolute atomic E-state index is 0.000139. The molecule has 0 unspecified atom stereocenters. The molecular weight excluding hydrogens is 1490 g/mol. The molecule has 37 nitrogen and oxygen atoms in total. The summed E-state index contributed by atoms with van der Waals surface area (Å²) in [6, 6.07) is 23.4. The predicted octanol–water partition coefficient (Wildman–Crippen LogP) is 4.72. The van der Waals surface area contributed by atoms with Gasteiger partial charge in [0, 0.05) is 62.2 Å². The fraction of sp³-hybridized carbons (Fsp3) is 0.603. The number of aromatic hydroxyl groups is 2.